The van der Waals surface area contributed by atoms with Crippen LogP contribution in [-0.4, -0.2) is 17.5 Å². The molecule has 0 radical (unpaired) electrons. The molecule has 4 heteroatoms. The lowest BCUT2D eigenvalue weighted by Gasteiger charge is -2.19. The first-order chi connectivity index (χ1) is 9.66. The van der Waals surface area contributed by atoms with Crippen LogP contribution in [0.4, 0.5) is 10.8 Å². The molecule has 1 aromatic heterocycles. The Morgan fingerprint density at radius 3 is 2.70 bits per heavy atom. The number of nitrogen functional groups attached to an aromatic ring is 1. The molecule has 0 spiro atoms. The van der Waals surface area contributed by atoms with Crippen LogP contribution < -0.4 is 10.6 Å². The van der Waals surface area contributed by atoms with Gasteiger partial charge in [-0.25, -0.2) is 0 Å². The number of hydrogen-bond donors (Lipinski definition) is 1. The Balaban J connectivity index is 1.93. The maximum Gasteiger partial charge on any atom is 0.147 e. The lowest BCUT2D eigenvalue weighted by Crippen LogP contribution is -2.20. The summed E-state index contributed by atoms with van der Waals surface area (Å²) in [6.07, 6.45) is 1.27. The molecule has 2 aromatic rings. The van der Waals surface area contributed by atoms with E-state index in [4.69, 9.17) is 5.73 Å². The lowest BCUT2D eigenvalue weighted by molar-refractivity contribution is 0.423. The van der Waals surface area contributed by atoms with Gasteiger partial charge in [-0.2, -0.15) is 4.37 Å². The van der Waals surface area contributed by atoms with Gasteiger partial charge >= 0.3 is 0 Å². The van der Waals surface area contributed by atoms with Gasteiger partial charge in [0.1, 0.15) is 10.8 Å². The Bertz CT molecular complexity index is 577. The van der Waals surface area contributed by atoms with Gasteiger partial charge in [-0.15, -0.1) is 0 Å². The molecular formula is C16H21N3S. The van der Waals surface area contributed by atoms with E-state index in [1.54, 1.807) is 0 Å². The molecular weight excluding hydrogens is 266 g/mol. The zero-order chi connectivity index (χ0) is 14.1. The van der Waals surface area contributed by atoms with E-state index in [0.29, 0.717) is 5.82 Å². The zero-order valence-electron chi connectivity index (χ0n) is 12.0. The molecule has 2 heterocycles. The number of anilines is 2. The maximum absolute atomic E-state index is 6.11. The Labute approximate surface area is 124 Å². The Morgan fingerprint density at radius 1 is 1.30 bits per heavy atom. The molecule has 106 valence electrons. The smallest absolute Gasteiger partial charge is 0.147 e. The summed E-state index contributed by atoms with van der Waals surface area (Å²) in [5, 5.41) is 1.23. The molecule has 1 atom stereocenters. The second kappa shape index (κ2) is 5.44. The molecule has 1 aliphatic heterocycles. The average Bonchev–Trinajstić information content (AvgIpc) is 3.06. The Hall–Kier alpha value is -1.55. The summed E-state index contributed by atoms with van der Waals surface area (Å²) in [6, 6.07) is 10.4. The van der Waals surface area contributed by atoms with E-state index in [2.05, 4.69) is 47.4 Å². The van der Waals surface area contributed by atoms with E-state index in [-0.39, 0.29) is 0 Å². The highest BCUT2D eigenvalue weighted by molar-refractivity contribution is 7.11. The van der Waals surface area contributed by atoms with Crippen LogP contribution in [0, 0.1) is 11.8 Å². The lowest BCUT2D eigenvalue weighted by atomic mass is 9.95. The van der Waals surface area contributed by atoms with Gasteiger partial charge in [-0.1, -0.05) is 44.2 Å². The minimum absolute atomic E-state index is 0.657. The van der Waals surface area contributed by atoms with Crippen LogP contribution in [0.25, 0.3) is 11.1 Å². The quantitative estimate of drug-likeness (QED) is 0.931. The summed E-state index contributed by atoms with van der Waals surface area (Å²) >= 11 is 1.53. The summed E-state index contributed by atoms with van der Waals surface area (Å²) in [5.41, 5.74) is 8.39. The van der Waals surface area contributed by atoms with Crippen molar-refractivity contribution < 1.29 is 0 Å². The maximum atomic E-state index is 6.11. The molecule has 0 aliphatic carbocycles. The topological polar surface area (TPSA) is 42.2 Å². The first-order valence-electron chi connectivity index (χ1n) is 7.22. The number of rotatable bonds is 3. The molecule has 1 aromatic carbocycles. The fourth-order valence-corrected chi connectivity index (χ4v) is 3.77. The van der Waals surface area contributed by atoms with Crippen molar-refractivity contribution in [2.75, 3.05) is 23.7 Å². The first kappa shape index (κ1) is 13.4. The van der Waals surface area contributed by atoms with Gasteiger partial charge in [0.05, 0.1) is 5.56 Å². The fourth-order valence-electron chi connectivity index (χ4n) is 2.90. The number of aromatic nitrogens is 1. The van der Waals surface area contributed by atoms with E-state index >= 15 is 0 Å². The molecule has 20 heavy (non-hydrogen) atoms. The van der Waals surface area contributed by atoms with Crippen molar-refractivity contribution >= 4 is 22.4 Å². The number of nitrogens with zero attached hydrogens (tertiary/aromatic N) is 2. The van der Waals surface area contributed by atoms with Crippen molar-refractivity contribution in [2.24, 2.45) is 11.8 Å². The molecule has 0 amide bonds. The molecule has 3 nitrogen and oxygen atoms in total. The number of benzene rings is 1. The second-order valence-electron chi connectivity index (χ2n) is 5.85. The molecule has 0 bridgehead atoms. The van der Waals surface area contributed by atoms with Crippen molar-refractivity contribution in [1.29, 1.82) is 0 Å². The standard InChI is InChI=1S/C16H21N3S/c1-11(2)13-8-9-19(10-13)16-14(15(17)18-20-16)12-6-4-3-5-7-12/h3-7,11,13H,8-10H2,1-2H3,(H2,17,18). The normalized spacial score (nSPS) is 18.9. The monoisotopic (exact) mass is 287 g/mol. The third-order valence-electron chi connectivity index (χ3n) is 4.22. The van der Waals surface area contributed by atoms with Crippen LogP contribution in [0.2, 0.25) is 0 Å². The van der Waals surface area contributed by atoms with Crippen molar-refractivity contribution in [3.05, 3.63) is 30.3 Å². The van der Waals surface area contributed by atoms with Gasteiger partial charge in [-0.3, -0.25) is 0 Å². The highest BCUT2D eigenvalue weighted by Gasteiger charge is 2.28. The van der Waals surface area contributed by atoms with E-state index in [0.717, 1.165) is 30.5 Å². The fraction of sp³-hybridized carbons (Fsp3) is 0.438. The van der Waals surface area contributed by atoms with Gasteiger partial charge in [0, 0.05) is 13.1 Å². The molecule has 0 saturated carbocycles. The van der Waals surface area contributed by atoms with Crippen LogP contribution in [0.5, 0.6) is 0 Å². The van der Waals surface area contributed by atoms with Crippen LogP contribution in [-0.2, 0) is 0 Å². The number of hydrogen-bond acceptors (Lipinski definition) is 4. The molecule has 1 aliphatic rings. The van der Waals surface area contributed by atoms with Crippen LogP contribution in [0.1, 0.15) is 20.3 Å². The van der Waals surface area contributed by atoms with Crippen molar-refractivity contribution in [3.63, 3.8) is 0 Å². The summed E-state index contributed by atoms with van der Waals surface area (Å²) in [6.45, 7) is 6.87. The third-order valence-corrected chi connectivity index (χ3v) is 5.14. The predicted octanol–water partition coefficient (Wildman–Crippen LogP) is 3.87. The number of nitrogens with two attached hydrogens (primary N) is 1. The molecule has 1 fully saturated rings. The molecule has 2 N–H and O–H groups in total. The van der Waals surface area contributed by atoms with E-state index in [1.807, 2.05) is 6.07 Å². The SMILES string of the molecule is CC(C)C1CCN(c2snc(N)c2-c2ccccc2)C1. The molecule has 1 saturated heterocycles. The summed E-state index contributed by atoms with van der Waals surface area (Å²) in [4.78, 5) is 2.46. The highest BCUT2D eigenvalue weighted by Crippen LogP contribution is 2.41. The minimum atomic E-state index is 0.657. The van der Waals surface area contributed by atoms with E-state index in [1.165, 1.54) is 28.5 Å². The van der Waals surface area contributed by atoms with Gasteiger partial charge in [-0.05, 0) is 35.4 Å². The van der Waals surface area contributed by atoms with E-state index in [9.17, 15) is 0 Å². The minimum Gasteiger partial charge on any atom is -0.382 e. The van der Waals surface area contributed by atoms with Crippen molar-refractivity contribution in [1.82, 2.24) is 4.37 Å². The summed E-state index contributed by atoms with van der Waals surface area (Å²) < 4.78 is 4.39. The Morgan fingerprint density at radius 2 is 2.05 bits per heavy atom. The summed E-state index contributed by atoms with van der Waals surface area (Å²) in [5.74, 6) is 2.18. The zero-order valence-corrected chi connectivity index (χ0v) is 12.9. The van der Waals surface area contributed by atoms with Gasteiger partial charge < -0.3 is 10.6 Å². The van der Waals surface area contributed by atoms with Crippen LogP contribution >= 0.6 is 11.5 Å². The molecule has 1 unspecified atom stereocenters. The van der Waals surface area contributed by atoms with E-state index < -0.39 is 0 Å². The average molecular weight is 287 g/mol. The van der Waals surface area contributed by atoms with Crippen molar-refractivity contribution in [3.8, 4) is 11.1 Å². The van der Waals surface area contributed by atoms with Gasteiger partial charge in [0.25, 0.3) is 0 Å². The Kier molecular flexibility index (Phi) is 3.66. The van der Waals surface area contributed by atoms with Crippen LogP contribution in [0.3, 0.4) is 0 Å². The second-order valence-corrected chi connectivity index (χ2v) is 6.60. The van der Waals surface area contributed by atoms with Gasteiger partial charge in [0.15, 0.2) is 0 Å². The highest BCUT2D eigenvalue weighted by atomic mass is 32.1. The van der Waals surface area contributed by atoms with Crippen molar-refractivity contribution in [2.45, 2.75) is 20.3 Å². The van der Waals surface area contributed by atoms with Crippen LogP contribution in [0.15, 0.2) is 30.3 Å². The first-order valence-corrected chi connectivity index (χ1v) is 7.99. The molecule has 3 rings (SSSR count). The van der Waals surface area contributed by atoms with Gasteiger partial charge in [0.2, 0.25) is 0 Å². The summed E-state index contributed by atoms with van der Waals surface area (Å²) in [7, 11) is 0. The third kappa shape index (κ3) is 2.40. The predicted molar refractivity (Wildman–Crippen MR) is 87.1 cm³/mol. The largest absolute Gasteiger partial charge is 0.382 e.